The minimum Gasteiger partial charge on any atom is -0.483 e. The molecule has 1 aromatic carbocycles. The molecule has 1 atom stereocenters. The van der Waals surface area contributed by atoms with E-state index in [1.807, 2.05) is 6.92 Å². The lowest BCUT2D eigenvalue weighted by atomic mass is 10.1. The lowest BCUT2D eigenvalue weighted by molar-refractivity contribution is 0.00988. The number of nitrogens with zero attached hydrogens (tertiary/aromatic N) is 1. The number of carbonyl (C=O) groups excluding carboxylic acids is 1. The van der Waals surface area contributed by atoms with Crippen molar-refractivity contribution in [3.05, 3.63) is 27.7 Å². The van der Waals surface area contributed by atoms with Gasteiger partial charge in [0.2, 0.25) is 5.75 Å². The molecule has 1 aliphatic heterocycles. The van der Waals surface area contributed by atoms with Crippen molar-refractivity contribution in [2.24, 2.45) is 0 Å². The summed E-state index contributed by atoms with van der Waals surface area (Å²) in [5, 5.41) is 0.863. The lowest BCUT2D eigenvalue weighted by Gasteiger charge is -2.26. The first kappa shape index (κ1) is 18.0. The molecule has 1 unspecified atom stereocenters. The molecule has 0 radical (unpaired) electrons. The predicted octanol–water partition coefficient (Wildman–Crippen LogP) is 3.89. The first-order valence-electron chi connectivity index (χ1n) is 7.92. The van der Waals surface area contributed by atoms with Crippen molar-refractivity contribution in [3.63, 3.8) is 0 Å². The maximum Gasteiger partial charge on any atom is 0.339 e. The highest BCUT2D eigenvalue weighted by molar-refractivity contribution is 6.44. The zero-order valence-electron chi connectivity index (χ0n) is 13.8. The van der Waals surface area contributed by atoms with E-state index >= 15 is 0 Å². The largest absolute Gasteiger partial charge is 0.483 e. The van der Waals surface area contributed by atoms with Crippen LogP contribution in [0.1, 0.15) is 24.2 Å². The summed E-state index contributed by atoms with van der Waals surface area (Å²) < 4.78 is 21.9. The van der Waals surface area contributed by atoms with Gasteiger partial charge in [-0.3, -0.25) is 0 Å². The summed E-state index contributed by atoms with van der Waals surface area (Å²) in [6.07, 6.45) is -0.261. The lowest BCUT2D eigenvalue weighted by Crippen LogP contribution is -2.34. The number of esters is 1. The summed E-state index contributed by atoms with van der Waals surface area (Å²) in [6, 6.07) is 3.20. The first-order valence-corrected chi connectivity index (χ1v) is 8.68. The van der Waals surface area contributed by atoms with Crippen molar-refractivity contribution in [1.82, 2.24) is 4.98 Å². The Morgan fingerprint density at radius 1 is 1.28 bits per heavy atom. The highest BCUT2D eigenvalue weighted by Gasteiger charge is 2.28. The summed E-state index contributed by atoms with van der Waals surface area (Å²) in [7, 11) is 0. The quantitative estimate of drug-likeness (QED) is 0.727. The molecular formula is C17H17Cl2NO5. The highest BCUT2D eigenvalue weighted by atomic mass is 35.5. The van der Waals surface area contributed by atoms with Gasteiger partial charge in [-0.1, -0.05) is 23.2 Å². The van der Waals surface area contributed by atoms with Crippen LogP contribution >= 0.6 is 23.2 Å². The van der Waals surface area contributed by atoms with Gasteiger partial charge in [0.15, 0.2) is 6.10 Å². The molecule has 1 aliphatic rings. The highest BCUT2D eigenvalue weighted by Crippen LogP contribution is 2.44. The van der Waals surface area contributed by atoms with Crippen LogP contribution in [0.25, 0.3) is 10.9 Å². The molecule has 0 amide bonds. The second kappa shape index (κ2) is 7.64. The molecule has 8 heteroatoms. The SMILES string of the molecule is CCOCC1COc2c(nc3ccc(C(=O)OCC)c(Cl)c3c2Cl)O1. The van der Waals surface area contributed by atoms with Crippen LogP contribution in [-0.2, 0) is 9.47 Å². The van der Waals surface area contributed by atoms with Gasteiger partial charge in [0.25, 0.3) is 5.88 Å². The van der Waals surface area contributed by atoms with E-state index in [2.05, 4.69) is 4.98 Å². The number of rotatable bonds is 5. The second-order valence-corrected chi connectivity index (χ2v) is 6.07. The maximum absolute atomic E-state index is 12.0. The molecule has 3 rings (SSSR count). The molecule has 2 heterocycles. The Morgan fingerprint density at radius 2 is 2.08 bits per heavy atom. The average Bonchev–Trinajstić information content (AvgIpc) is 2.60. The van der Waals surface area contributed by atoms with E-state index in [0.29, 0.717) is 29.9 Å². The fourth-order valence-electron chi connectivity index (χ4n) is 2.51. The van der Waals surface area contributed by atoms with Gasteiger partial charge >= 0.3 is 5.97 Å². The Balaban J connectivity index is 2.03. The Morgan fingerprint density at radius 3 is 2.80 bits per heavy atom. The molecule has 0 saturated heterocycles. The van der Waals surface area contributed by atoms with Gasteiger partial charge < -0.3 is 18.9 Å². The summed E-state index contributed by atoms with van der Waals surface area (Å²) in [6.45, 7) is 5.16. The molecule has 0 spiro atoms. The van der Waals surface area contributed by atoms with Crippen molar-refractivity contribution in [2.75, 3.05) is 26.4 Å². The molecular weight excluding hydrogens is 369 g/mol. The minimum atomic E-state index is -0.517. The van der Waals surface area contributed by atoms with Gasteiger partial charge in [-0.25, -0.2) is 9.78 Å². The van der Waals surface area contributed by atoms with Gasteiger partial charge in [0.1, 0.15) is 6.61 Å². The van der Waals surface area contributed by atoms with E-state index in [1.54, 1.807) is 19.1 Å². The number of pyridine rings is 1. The van der Waals surface area contributed by atoms with Crippen LogP contribution in [0.5, 0.6) is 11.6 Å². The molecule has 0 bridgehead atoms. The molecule has 2 aromatic rings. The third-order valence-electron chi connectivity index (χ3n) is 3.65. The number of ether oxygens (including phenoxy) is 4. The molecule has 1 aromatic heterocycles. The van der Waals surface area contributed by atoms with E-state index in [1.165, 1.54) is 0 Å². The molecule has 25 heavy (non-hydrogen) atoms. The van der Waals surface area contributed by atoms with Crippen LogP contribution in [0.2, 0.25) is 10.0 Å². The standard InChI is InChI=1S/C17H17Cl2NO5/c1-3-22-7-9-8-24-15-14(19)12-11(20-16(15)25-9)6-5-10(13(12)18)17(21)23-4-2/h5-6,9H,3-4,7-8H2,1-2H3. The van der Waals surface area contributed by atoms with Crippen LogP contribution < -0.4 is 9.47 Å². The maximum atomic E-state index is 12.0. The predicted molar refractivity (Wildman–Crippen MR) is 94.1 cm³/mol. The second-order valence-electron chi connectivity index (χ2n) is 5.31. The molecule has 0 fully saturated rings. The van der Waals surface area contributed by atoms with E-state index in [9.17, 15) is 4.79 Å². The number of fused-ring (bicyclic) bond motifs is 2. The molecule has 0 saturated carbocycles. The Bertz CT molecular complexity index is 811. The Kier molecular flexibility index (Phi) is 5.51. The zero-order valence-corrected chi connectivity index (χ0v) is 15.3. The summed E-state index contributed by atoms with van der Waals surface area (Å²) in [4.78, 5) is 16.4. The van der Waals surface area contributed by atoms with Crippen molar-refractivity contribution in [3.8, 4) is 11.6 Å². The van der Waals surface area contributed by atoms with Crippen LogP contribution in [0.4, 0.5) is 0 Å². The third kappa shape index (κ3) is 3.47. The van der Waals surface area contributed by atoms with Crippen LogP contribution in [0, 0.1) is 0 Å². The molecule has 6 nitrogen and oxygen atoms in total. The molecule has 0 aliphatic carbocycles. The van der Waals surface area contributed by atoms with E-state index in [-0.39, 0.29) is 40.8 Å². The Hall–Kier alpha value is -1.76. The van der Waals surface area contributed by atoms with Crippen molar-refractivity contribution in [1.29, 1.82) is 0 Å². The number of carbonyl (C=O) groups is 1. The third-order valence-corrected chi connectivity index (χ3v) is 4.40. The first-order chi connectivity index (χ1) is 12.1. The van der Waals surface area contributed by atoms with Crippen molar-refractivity contribution in [2.45, 2.75) is 20.0 Å². The van der Waals surface area contributed by atoms with Gasteiger partial charge in [-0.05, 0) is 26.0 Å². The molecule has 134 valence electrons. The topological polar surface area (TPSA) is 66.9 Å². The van der Waals surface area contributed by atoms with Crippen LogP contribution in [0.15, 0.2) is 12.1 Å². The molecule has 0 N–H and O–H groups in total. The monoisotopic (exact) mass is 385 g/mol. The number of hydrogen-bond donors (Lipinski definition) is 0. The van der Waals surface area contributed by atoms with E-state index < -0.39 is 5.97 Å². The van der Waals surface area contributed by atoms with Gasteiger partial charge in [0, 0.05) is 12.0 Å². The van der Waals surface area contributed by atoms with Crippen LogP contribution in [-0.4, -0.2) is 43.5 Å². The van der Waals surface area contributed by atoms with Gasteiger partial charge in [-0.15, -0.1) is 0 Å². The Labute approximate surface area is 154 Å². The van der Waals surface area contributed by atoms with Gasteiger partial charge in [-0.2, -0.15) is 0 Å². The minimum absolute atomic E-state index is 0.177. The number of hydrogen-bond acceptors (Lipinski definition) is 6. The van der Waals surface area contributed by atoms with Crippen molar-refractivity contribution < 1.29 is 23.7 Å². The smallest absolute Gasteiger partial charge is 0.339 e. The van der Waals surface area contributed by atoms with E-state index in [4.69, 9.17) is 42.1 Å². The number of aromatic nitrogens is 1. The fraction of sp³-hybridized carbons (Fsp3) is 0.412. The number of halogens is 2. The normalized spacial score (nSPS) is 16.1. The summed E-state index contributed by atoms with van der Waals surface area (Å²) >= 11 is 12.8. The van der Waals surface area contributed by atoms with Crippen LogP contribution in [0.3, 0.4) is 0 Å². The number of benzene rings is 1. The zero-order chi connectivity index (χ0) is 18.0. The van der Waals surface area contributed by atoms with Crippen molar-refractivity contribution >= 4 is 40.1 Å². The average molecular weight is 386 g/mol. The summed E-state index contributed by atoms with van der Waals surface area (Å²) in [5.74, 6) is 0.0790. The fourth-order valence-corrected chi connectivity index (χ4v) is 3.21. The van der Waals surface area contributed by atoms with Gasteiger partial charge in [0.05, 0.1) is 34.3 Å². The summed E-state index contributed by atoms with van der Waals surface area (Å²) in [5.41, 5.74) is 0.730. The van der Waals surface area contributed by atoms with E-state index in [0.717, 1.165) is 0 Å².